The smallest absolute Gasteiger partial charge is 0.239 e. The summed E-state index contributed by atoms with van der Waals surface area (Å²) in [6.45, 7) is 0. The summed E-state index contributed by atoms with van der Waals surface area (Å²) in [5, 5.41) is 7.89. The molecule has 4 nitrogen and oxygen atoms in total. The topological polar surface area (TPSA) is 55.1 Å². The Morgan fingerprint density at radius 1 is 1.26 bits per heavy atom. The second-order valence-electron chi connectivity index (χ2n) is 5.69. The highest BCUT2D eigenvalue weighted by atomic mass is 35.5. The number of nitrogens with one attached hydrogen (secondary N) is 1. The fourth-order valence-corrected chi connectivity index (χ4v) is 4.00. The van der Waals surface area contributed by atoms with Gasteiger partial charge in [0.25, 0.3) is 0 Å². The Balaban J connectivity index is 1.58. The first kappa shape index (κ1) is 16.4. The number of benzene rings is 1. The Bertz CT molecular complexity index is 651. The summed E-state index contributed by atoms with van der Waals surface area (Å²) < 4.78 is 5.19. The molecular formula is C17H19ClN2O2S. The van der Waals surface area contributed by atoms with Crippen molar-refractivity contribution in [2.24, 2.45) is 0 Å². The SMILES string of the molecule is O=C(CSC1CCCCC1)Nc1oncc1-c1ccc(Cl)cc1. The lowest BCUT2D eigenvalue weighted by molar-refractivity contribution is -0.113. The molecule has 0 unspecified atom stereocenters. The van der Waals surface area contributed by atoms with Crippen molar-refractivity contribution in [2.45, 2.75) is 37.4 Å². The molecule has 2 aromatic rings. The van der Waals surface area contributed by atoms with Gasteiger partial charge in [-0.05, 0) is 30.5 Å². The predicted octanol–water partition coefficient (Wildman–Crippen LogP) is 5.00. The number of hydrogen-bond donors (Lipinski definition) is 1. The van der Waals surface area contributed by atoms with E-state index < -0.39 is 0 Å². The first-order valence-corrected chi connectivity index (χ1v) is 9.27. The molecule has 1 aliphatic carbocycles. The van der Waals surface area contributed by atoms with Gasteiger partial charge in [-0.3, -0.25) is 10.1 Å². The van der Waals surface area contributed by atoms with Crippen molar-refractivity contribution in [1.29, 1.82) is 0 Å². The summed E-state index contributed by atoms with van der Waals surface area (Å²) in [6.07, 6.45) is 7.93. The molecule has 0 saturated heterocycles. The van der Waals surface area contributed by atoms with Crippen LogP contribution in [-0.4, -0.2) is 22.1 Å². The molecule has 1 fully saturated rings. The van der Waals surface area contributed by atoms with Crippen molar-refractivity contribution in [2.75, 3.05) is 11.1 Å². The molecule has 0 spiro atoms. The second-order valence-corrected chi connectivity index (χ2v) is 7.42. The zero-order valence-corrected chi connectivity index (χ0v) is 14.3. The number of anilines is 1. The van der Waals surface area contributed by atoms with Gasteiger partial charge in [0, 0.05) is 10.3 Å². The lowest BCUT2D eigenvalue weighted by Crippen LogP contribution is -2.17. The predicted molar refractivity (Wildman–Crippen MR) is 94.9 cm³/mol. The lowest BCUT2D eigenvalue weighted by Gasteiger charge is -2.20. The number of carbonyl (C=O) groups excluding carboxylic acids is 1. The molecule has 1 aromatic carbocycles. The third-order valence-corrected chi connectivity index (χ3v) is 5.60. The van der Waals surface area contributed by atoms with Gasteiger partial charge in [0.05, 0.1) is 17.5 Å². The van der Waals surface area contributed by atoms with Crippen molar-refractivity contribution in [1.82, 2.24) is 5.16 Å². The van der Waals surface area contributed by atoms with Gasteiger partial charge in [-0.25, -0.2) is 0 Å². The van der Waals surface area contributed by atoms with Gasteiger partial charge in [0.15, 0.2) is 0 Å². The number of halogens is 1. The summed E-state index contributed by atoms with van der Waals surface area (Å²) in [7, 11) is 0. The Morgan fingerprint density at radius 2 is 2.00 bits per heavy atom. The Kier molecular flexibility index (Phi) is 5.62. The number of aromatic nitrogens is 1. The zero-order valence-electron chi connectivity index (χ0n) is 12.8. The van der Waals surface area contributed by atoms with Crippen LogP contribution in [0.1, 0.15) is 32.1 Å². The van der Waals surface area contributed by atoms with Crippen LogP contribution in [0.25, 0.3) is 11.1 Å². The van der Waals surface area contributed by atoms with Crippen molar-refractivity contribution >= 4 is 35.2 Å². The van der Waals surface area contributed by atoms with Gasteiger partial charge in [-0.2, -0.15) is 0 Å². The molecule has 3 rings (SSSR count). The highest BCUT2D eigenvalue weighted by Gasteiger charge is 2.17. The number of amides is 1. The molecule has 23 heavy (non-hydrogen) atoms. The minimum absolute atomic E-state index is 0.0486. The van der Waals surface area contributed by atoms with Gasteiger partial charge in [-0.15, -0.1) is 11.8 Å². The third-order valence-electron chi connectivity index (χ3n) is 3.98. The zero-order chi connectivity index (χ0) is 16.1. The Labute approximate surface area is 145 Å². The average Bonchev–Trinajstić information content (AvgIpc) is 3.03. The van der Waals surface area contributed by atoms with Crippen molar-refractivity contribution in [3.05, 3.63) is 35.5 Å². The molecule has 1 amide bonds. The van der Waals surface area contributed by atoms with E-state index in [0.717, 1.165) is 11.1 Å². The van der Waals surface area contributed by atoms with E-state index in [-0.39, 0.29) is 5.91 Å². The van der Waals surface area contributed by atoms with Crippen LogP contribution >= 0.6 is 23.4 Å². The summed E-state index contributed by atoms with van der Waals surface area (Å²) in [6, 6.07) is 7.35. The molecule has 0 atom stereocenters. The van der Waals surface area contributed by atoms with Crippen molar-refractivity contribution in [3.63, 3.8) is 0 Å². The first-order chi connectivity index (χ1) is 11.2. The van der Waals surface area contributed by atoms with Gasteiger partial charge in [-0.1, -0.05) is 48.2 Å². The van der Waals surface area contributed by atoms with Crippen LogP contribution in [0.3, 0.4) is 0 Å². The maximum Gasteiger partial charge on any atom is 0.239 e. The number of thioether (sulfide) groups is 1. The molecule has 1 aromatic heterocycles. The summed E-state index contributed by atoms with van der Waals surface area (Å²) in [5.74, 6) is 0.792. The van der Waals surface area contributed by atoms with E-state index in [1.54, 1.807) is 30.1 Å². The van der Waals surface area contributed by atoms with E-state index in [9.17, 15) is 4.79 Å². The standard InChI is InChI=1S/C17H19ClN2O2S/c18-13-8-6-12(7-9-13)15-10-19-22-17(15)20-16(21)11-23-14-4-2-1-3-5-14/h6-10,14H,1-5,11H2,(H,20,21). The van der Waals surface area contributed by atoms with E-state index in [2.05, 4.69) is 10.5 Å². The fourth-order valence-electron chi connectivity index (χ4n) is 2.75. The number of nitrogens with zero attached hydrogens (tertiary/aromatic N) is 1. The van der Waals surface area contributed by atoms with Crippen LogP contribution in [0.4, 0.5) is 5.88 Å². The van der Waals surface area contributed by atoms with E-state index >= 15 is 0 Å². The Hall–Kier alpha value is -1.46. The van der Waals surface area contributed by atoms with E-state index in [0.29, 0.717) is 21.9 Å². The van der Waals surface area contributed by atoms with Gasteiger partial charge in [0.2, 0.25) is 11.8 Å². The van der Waals surface area contributed by atoms with Crippen LogP contribution in [0, 0.1) is 0 Å². The lowest BCUT2D eigenvalue weighted by atomic mass is 10.0. The quantitative estimate of drug-likeness (QED) is 0.824. The molecule has 0 aliphatic heterocycles. The molecular weight excluding hydrogens is 332 g/mol. The maximum absolute atomic E-state index is 12.1. The summed E-state index contributed by atoms with van der Waals surface area (Å²) in [5.41, 5.74) is 1.67. The molecule has 1 N–H and O–H groups in total. The van der Waals surface area contributed by atoms with Crippen LogP contribution in [0.5, 0.6) is 0 Å². The molecule has 0 radical (unpaired) electrons. The minimum Gasteiger partial charge on any atom is -0.338 e. The number of hydrogen-bond acceptors (Lipinski definition) is 4. The normalized spacial score (nSPS) is 15.5. The second kappa shape index (κ2) is 7.88. The maximum atomic E-state index is 12.1. The van der Waals surface area contributed by atoms with Crippen LogP contribution < -0.4 is 5.32 Å². The van der Waals surface area contributed by atoms with E-state index in [1.165, 1.54) is 32.1 Å². The van der Waals surface area contributed by atoms with Crippen LogP contribution in [-0.2, 0) is 4.79 Å². The minimum atomic E-state index is -0.0486. The monoisotopic (exact) mass is 350 g/mol. The first-order valence-electron chi connectivity index (χ1n) is 7.84. The van der Waals surface area contributed by atoms with Crippen molar-refractivity contribution < 1.29 is 9.32 Å². The van der Waals surface area contributed by atoms with Gasteiger partial charge < -0.3 is 4.52 Å². The molecule has 122 valence electrons. The average molecular weight is 351 g/mol. The Morgan fingerprint density at radius 3 is 2.74 bits per heavy atom. The van der Waals surface area contributed by atoms with Crippen LogP contribution in [0.15, 0.2) is 35.0 Å². The van der Waals surface area contributed by atoms with Crippen LogP contribution in [0.2, 0.25) is 5.02 Å². The molecule has 1 aliphatic rings. The van der Waals surface area contributed by atoms with E-state index in [1.807, 2.05) is 12.1 Å². The number of rotatable bonds is 5. The van der Waals surface area contributed by atoms with Gasteiger partial charge in [0.1, 0.15) is 0 Å². The summed E-state index contributed by atoms with van der Waals surface area (Å²) >= 11 is 7.64. The molecule has 6 heteroatoms. The van der Waals surface area contributed by atoms with Crippen molar-refractivity contribution in [3.8, 4) is 11.1 Å². The van der Waals surface area contributed by atoms with E-state index in [4.69, 9.17) is 16.1 Å². The molecule has 1 saturated carbocycles. The van der Waals surface area contributed by atoms with Gasteiger partial charge >= 0.3 is 0 Å². The number of carbonyl (C=O) groups is 1. The molecule has 1 heterocycles. The molecule has 0 bridgehead atoms. The third kappa shape index (κ3) is 4.52. The summed E-state index contributed by atoms with van der Waals surface area (Å²) in [4.78, 5) is 12.1. The highest BCUT2D eigenvalue weighted by Crippen LogP contribution is 2.30. The largest absolute Gasteiger partial charge is 0.338 e. The fraction of sp³-hybridized carbons (Fsp3) is 0.412. The highest BCUT2D eigenvalue weighted by molar-refractivity contribution is 8.00.